The van der Waals surface area contributed by atoms with Crippen LogP contribution in [0, 0.1) is 6.92 Å². The Morgan fingerprint density at radius 1 is 0.815 bits per heavy atom. The minimum Gasteiger partial charge on any atom is -0.236 e. The zero-order valence-electron chi connectivity index (χ0n) is 14.7. The number of nitrogens with zero attached hydrogens (tertiary/aromatic N) is 3. The maximum Gasteiger partial charge on any atom is 0.163 e. The van der Waals surface area contributed by atoms with E-state index in [0.29, 0.717) is 0 Å². The molecule has 0 atom stereocenters. The molecule has 0 saturated carbocycles. The van der Waals surface area contributed by atoms with E-state index in [1.54, 1.807) is 0 Å². The molecule has 0 unspecified atom stereocenters. The molecule has 27 heavy (non-hydrogen) atoms. The van der Waals surface area contributed by atoms with Gasteiger partial charge in [0.2, 0.25) is 0 Å². The number of aromatic nitrogens is 3. The predicted molar refractivity (Wildman–Crippen MR) is 114 cm³/mol. The van der Waals surface area contributed by atoms with Crippen molar-refractivity contribution in [2.24, 2.45) is 0 Å². The van der Waals surface area contributed by atoms with Crippen molar-refractivity contribution in [3.8, 4) is 22.4 Å². The van der Waals surface area contributed by atoms with Gasteiger partial charge in [0.05, 0.1) is 11.4 Å². The molecule has 2 heterocycles. The average Bonchev–Trinajstić information content (AvgIpc) is 3.04. The summed E-state index contributed by atoms with van der Waals surface area (Å²) in [7, 11) is 0. The van der Waals surface area contributed by atoms with Gasteiger partial charge in [-0.25, -0.2) is 9.50 Å². The summed E-state index contributed by atoms with van der Waals surface area (Å²) < 4.78 is 3.02. The number of benzene rings is 3. The molecule has 0 aliphatic rings. The van der Waals surface area contributed by atoms with Gasteiger partial charge in [-0.15, -0.1) is 0 Å². The molecule has 130 valence electrons. The molecule has 3 aromatic carbocycles. The average molecular weight is 414 g/mol. The molecule has 0 saturated heterocycles. The Morgan fingerprint density at radius 3 is 2.37 bits per heavy atom. The van der Waals surface area contributed by atoms with Crippen molar-refractivity contribution < 1.29 is 0 Å². The first-order valence-corrected chi connectivity index (χ1v) is 9.59. The standard InChI is InChI=1S/C23H16BrN3/c1-15-22(17-8-10-20(24)11-9-17)23-25-13-12-21(27(23)26-15)19-7-6-16-4-2-3-5-18(16)14-19/h2-14H,1H3. The van der Waals surface area contributed by atoms with Gasteiger partial charge in [-0.05, 0) is 47.5 Å². The molecule has 0 N–H and O–H groups in total. The largest absolute Gasteiger partial charge is 0.236 e. The molecular formula is C23H16BrN3. The second-order valence-electron chi connectivity index (χ2n) is 6.59. The van der Waals surface area contributed by atoms with Crippen LogP contribution in [0.3, 0.4) is 0 Å². The number of hydrogen-bond acceptors (Lipinski definition) is 2. The van der Waals surface area contributed by atoms with Gasteiger partial charge in [-0.1, -0.05) is 64.5 Å². The lowest BCUT2D eigenvalue weighted by molar-refractivity contribution is 0.925. The molecule has 0 aliphatic heterocycles. The summed E-state index contributed by atoms with van der Waals surface area (Å²) in [6.45, 7) is 2.04. The van der Waals surface area contributed by atoms with E-state index in [2.05, 4.69) is 75.5 Å². The van der Waals surface area contributed by atoms with E-state index in [9.17, 15) is 0 Å². The van der Waals surface area contributed by atoms with Gasteiger partial charge in [0.15, 0.2) is 5.65 Å². The molecule has 0 aliphatic carbocycles. The van der Waals surface area contributed by atoms with Crippen LogP contribution in [0.1, 0.15) is 5.69 Å². The molecule has 0 amide bonds. The maximum absolute atomic E-state index is 4.81. The fourth-order valence-corrected chi connectivity index (χ4v) is 3.84. The van der Waals surface area contributed by atoms with Crippen molar-refractivity contribution in [2.75, 3.05) is 0 Å². The Balaban J connectivity index is 1.74. The molecule has 5 rings (SSSR count). The first kappa shape index (κ1) is 16.2. The van der Waals surface area contributed by atoms with Crippen molar-refractivity contribution in [1.29, 1.82) is 0 Å². The van der Waals surface area contributed by atoms with Crippen molar-refractivity contribution in [2.45, 2.75) is 6.92 Å². The fraction of sp³-hybridized carbons (Fsp3) is 0.0435. The number of fused-ring (bicyclic) bond motifs is 2. The van der Waals surface area contributed by atoms with Crippen LogP contribution in [0.4, 0.5) is 0 Å². The summed E-state index contributed by atoms with van der Waals surface area (Å²) >= 11 is 3.50. The molecule has 0 bridgehead atoms. The minimum atomic E-state index is 0.875. The topological polar surface area (TPSA) is 30.2 Å². The highest BCUT2D eigenvalue weighted by molar-refractivity contribution is 9.10. The normalized spacial score (nSPS) is 11.3. The van der Waals surface area contributed by atoms with Gasteiger partial charge in [-0.3, -0.25) is 0 Å². The lowest BCUT2D eigenvalue weighted by atomic mass is 10.0. The lowest BCUT2D eigenvalue weighted by Gasteiger charge is -2.07. The zero-order chi connectivity index (χ0) is 18.4. The molecule has 5 aromatic rings. The Morgan fingerprint density at radius 2 is 1.56 bits per heavy atom. The van der Waals surface area contributed by atoms with Crippen molar-refractivity contribution in [3.05, 3.63) is 89.2 Å². The molecular weight excluding hydrogens is 398 g/mol. The lowest BCUT2D eigenvalue weighted by Crippen LogP contribution is -1.96. The van der Waals surface area contributed by atoms with Gasteiger partial charge >= 0.3 is 0 Å². The molecule has 3 nitrogen and oxygen atoms in total. The predicted octanol–water partition coefficient (Wildman–Crippen LogP) is 6.29. The summed E-state index contributed by atoms with van der Waals surface area (Å²) in [4.78, 5) is 4.64. The van der Waals surface area contributed by atoms with Crippen LogP contribution in [0.25, 0.3) is 38.8 Å². The summed E-state index contributed by atoms with van der Waals surface area (Å²) in [6, 6.07) is 25.2. The van der Waals surface area contributed by atoms with Crippen molar-refractivity contribution in [3.63, 3.8) is 0 Å². The number of rotatable bonds is 2. The minimum absolute atomic E-state index is 0.875. The van der Waals surface area contributed by atoms with Gasteiger partial charge in [0, 0.05) is 21.8 Å². The van der Waals surface area contributed by atoms with Gasteiger partial charge in [-0.2, -0.15) is 5.10 Å². The van der Waals surface area contributed by atoms with E-state index in [0.717, 1.165) is 38.2 Å². The van der Waals surface area contributed by atoms with Crippen LogP contribution in [0.2, 0.25) is 0 Å². The third-order valence-electron chi connectivity index (χ3n) is 4.87. The Hall–Kier alpha value is -2.98. The zero-order valence-corrected chi connectivity index (χ0v) is 16.3. The molecule has 0 fully saturated rings. The van der Waals surface area contributed by atoms with E-state index >= 15 is 0 Å². The third kappa shape index (κ3) is 2.73. The quantitative estimate of drug-likeness (QED) is 0.340. The van der Waals surface area contributed by atoms with E-state index in [1.807, 2.05) is 35.8 Å². The SMILES string of the molecule is Cc1nn2c(-c3ccc4ccccc4c3)ccnc2c1-c1ccc(Br)cc1. The molecule has 2 aromatic heterocycles. The number of hydrogen-bond donors (Lipinski definition) is 0. The van der Waals surface area contributed by atoms with Crippen molar-refractivity contribution in [1.82, 2.24) is 14.6 Å². The molecule has 0 radical (unpaired) electrons. The van der Waals surface area contributed by atoms with Crippen LogP contribution in [0.15, 0.2) is 83.5 Å². The van der Waals surface area contributed by atoms with Crippen LogP contribution >= 0.6 is 15.9 Å². The molecule has 4 heteroatoms. The Bertz CT molecular complexity index is 1290. The Kier molecular flexibility index (Phi) is 3.80. The van der Waals surface area contributed by atoms with Crippen LogP contribution < -0.4 is 0 Å². The van der Waals surface area contributed by atoms with E-state index < -0.39 is 0 Å². The molecule has 0 spiro atoms. The van der Waals surface area contributed by atoms with Crippen LogP contribution in [-0.4, -0.2) is 14.6 Å². The van der Waals surface area contributed by atoms with E-state index in [-0.39, 0.29) is 0 Å². The smallest absolute Gasteiger partial charge is 0.163 e. The number of aryl methyl sites for hydroxylation is 1. The first-order valence-electron chi connectivity index (χ1n) is 8.80. The van der Waals surface area contributed by atoms with E-state index in [1.165, 1.54) is 10.8 Å². The highest BCUT2D eigenvalue weighted by atomic mass is 79.9. The summed E-state index contributed by atoms with van der Waals surface area (Å²) in [5, 5.41) is 7.27. The van der Waals surface area contributed by atoms with Crippen molar-refractivity contribution >= 4 is 32.3 Å². The van der Waals surface area contributed by atoms with Gasteiger partial charge in [0.1, 0.15) is 0 Å². The Labute approximate surface area is 165 Å². The first-order chi connectivity index (χ1) is 13.2. The summed E-state index contributed by atoms with van der Waals surface area (Å²) in [5.41, 5.74) is 6.21. The van der Waals surface area contributed by atoms with E-state index in [4.69, 9.17) is 5.10 Å². The van der Waals surface area contributed by atoms with Crippen LogP contribution in [-0.2, 0) is 0 Å². The number of halogens is 1. The van der Waals surface area contributed by atoms with Gasteiger partial charge < -0.3 is 0 Å². The van der Waals surface area contributed by atoms with Crippen LogP contribution in [0.5, 0.6) is 0 Å². The monoisotopic (exact) mass is 413 g/mol. The third-order valence-corrected chi connectivity index (χ3v) is 5.40. The fourth-order valence-electron chi connectivity index (χ4n) is 3.57. The van der Waals surface area contributed by atoms with Gasteiger partial charge in [0.25, 0.3) is 0 Å². The summed E-state index contributed by atoms with van der Waals surface area (Å²) in [5.74, 6) is 0. The maximum atomic E-state index is 4.81. The highest BCUT2D eigenvalue weighted by Crippen LogP contribution is 2.31. The second-order valence-corrected chi connectivity index (χ2v) is 7.51. The highest BCUT2D eigenvalue weighted by Gasteiger charge is 2.15. The second kappa shape index (κ2) is 6.32. The summed E-state index contributed by atoms with van der Waals surface area (Å²) in [6.07, 6.45) is 1.86.